The fourth-order valence-electron chi connectivity index (χ4n) is 4.01. The van der Waals surface area contributed by atoms with Crippen molar-refractivity contribution < 1.29 is 4.74 Å². The topological polar surface area (TPSA) is 61.0 Å². The number of ether oxygens (including phenoxy) is 1. The van der Waals surface area contributed by atoms with Crippen molar-refractivity contribution in [1.82, 2.24) is 9.97 Å². The van der Waals surface area contributed by atoms with Gasteiger partial charge in [0.1, 0.15) is 5.69 Å². The van der Waals surface area contributed by atoms with Gasteiger partial charge in [0.25, 0.3) is 0 Å². The van der Waals surface area contributed by atoms with E-state index in [0.717, 1.165) is 12.1 Å². The molecule has 4 rings (SSSR count). The standard InChI is InChI=1S/C17H19N3O/c1-21-17-16(19-8-9-20-17)15(18)14-12-7-6-10-4-2-3-5-11(10)13(12)14/h2-5,8-9,12-15H,6-7,18H2,1H3. The molecule has 0 bridgehead atoms. The molecule has 1 saturated carbocycles. The number of methoxy groups -OCH3 is 1. The molecule has 1 aromatic heterocycles. The van der Waals surface area contributed by atoms with Crippen LogP contribution in [0.4, 0.5) is 0 Å². The van der Waals surface area contributed by atoms with Crippen molar-refractivity contribution in [1.29, 1.82) is 0 Å². The lowest BCUT2D eigenvalue weighted by Gasteiger charge is -2.14. The minimum atomic E-state index is -0.102. The average Bonchev–Trinajstić information content (AvgIpc) is 3.29. The molecular weight excluding hydrogens is 262 g/mol. The SMILES string of the molecule is COc1nccnc1C(N)C1C2CCc3ccccc3C21. The van der Waals surface area contributed by atoms with Gasteiger partial charge in [-0.2, -0.15) is 0 Å². The number of aryl methyl sites for hydroxylation is 1. The predicted octanol–water partition coefficient (Wildman–Crippen LogP) is 2.46. The number of aromatic nitrogens is 2. The average molecular weight is 281 g/mol. The largest absolute Gasteiger partial charge is 0.480 e. The van der Waals surface area contributed by atoms with Crippen LogP contribution in [-0.2, 0) is 6.42 Å². The van der Waals surface area contributed by atoms with E-state index < -0.39 is 0 Å². The number of rotatable bonds is 3. The Kier molecular flexibility index (Phi) is 2.93. The zero-order valence-electron chi connectivity index (χ0n) is 12.1. The smallest absolute Gasteiger partial charge is 0.236 e. The summed E-state index contributed by atoms with van der Waals surface area (Å²) in [6.07, 6.45) is 5.72. The quantitative estimate of drug-likeness (QED) is 0.938. The van der Waals surface area contributed by atoms with Crippen LogP contribution in [-0.4, -0.2) is 17.1 Å². The number of nitrogens with zero attached hydrogens (tertiary/aromatic N) is 2. The van der Waals surface area contributed by atoms with Crippen LogP contribution in [0.1, 0.15) is 35.2 Å². The second-order valence-corrected chi connectivity index (χ2v) is 5.98. The van der Waals surface area contributed by atoms with Gasteiger partial charge in [-0.1, -0.05) is 24.3 Å². The molecule has 2 aliphatic rings. The first kappa shape index (κ1) is 12.8. The molecular formula is C17H19N3O. The Morgan fingerprint density at radius 1 is 1.24 bits per heavy atom. The van der Waals surface area contributed by atoms with Gasteiger partial charge in [0.2, 0.25) is 5.88 Å². The summed E-state index contributed by atoms with van der Waals surface area (Å²) in [6.45, 7) is 0. The van der Waals surface area contributed by atoms with Crippen molar-refractivity contribution in [2.24, 2.45) is 17.6 Å². The van der Waals surface area contributed by atoms with Crippen LogP contribution in [0.15, 0.2) is 36.7 Å². The number of nitrogens with two attached hydrogens (primary N) is 1. The third kappa shape index (κ3) is 1.94. The number of fused-ring (bicyclic) bond motifs is 3. The summed E-state index contributed by atoms with van der Waals surface area (Å²) in [4.78, 5) is 8.64. The normalized spacial score (nSPS) is 27.4. The molecule has 1 aromatic carbocycles. The van der Waals surface area contributed by atoms with Crippen molar-refractivity contribution >= 4 is 0 Å². The van der Waals surface area contributed by atoms with Crippen LogP contribution < -0.4 is 10.5 Å². The van der Waals surface area contributed by atoms with E-state index >= 15 is 0 Å². The highest BCUT2D eigenvalue weighted by molar-refractivity contribution is 5.41. The van der Waals surface area contributed by atoms with Crippen molar-refractivity contribution in [2.45, 2.75) is 24.8 Å². The van der Waals surface area contributed by atoms with Gasteiger partial charge in [-0.15, -0.1) is 0 Å². The van der Waals surface area contributed by atoms with Crippen LogP contribution >= 0.6 is 0 Å². The number of hydrogen-bond acceptors (Lipinski definition) is 4. The summed E-state index contributed by atoms with van der Waals surface area (Å²) in [5.74, 6) is 2.28. The summed E-state index contributed by atoms with van der Waals surface area (Å²) < 4.78 is 5.31. The lowest BCUT2D eigenvalue weighted by atomic mass is 9.92. The fourth-order valence-corrected chi connectivity index (χ4v) is 4.01. The Labute approximate surface area is 124 Å². The summed E-state index contributed by atoms with van der Waals surface area (Å²) in [5.41, 5.74) is 10.3. The maximum absolute atomic E-state index is 6.51. The molecule has 108 valence electrons. The van der Waals surface area contributed by atoms with E-state index in [2.05, 4.69) is 34.2 Å². The van der Waals surface area contributed by atoms with Gasteiger partial charge < -0.3 is 10.5 Å². The van der Waals surface area contributed by atoms with E-state index in [0.29, 0.717) is 23.6 Å². The Morgan fingerprint density at radius 2 is 2.05 bits per heavy atom. The van der Waals surface area contributed by atoms with E-state index in [-0.39, 0.29) is 6.04 Å². The summed E-state index contributed by atoms with van der Waals surface area (Å²) in [6, 6.07) is 8.66. The monoisotopic (exact) mass is 281 g/mol. The molecule has 0 saturated heterocycles. The predicted molar refractivity (Wildman–Crippen MR) is 80.0 cm³/mol. The molecule has 4 atom stereocenters. The minimum absolute atomic E-state index is 0.102. The molecule has 0 radical (unpaired) electrons. The van der Waals surface area contributed by atoms with Crippen LogP contribution in [0.5, 0.6) is 5.88 Å². The molecule has 1 heterocycles. The molecule has 4 nitrogen and oxygen atoms in total. The minimum Gasteiger partial charge on any atom is -0.480 e. The van der Waals surface area contributed by atoms with Crippen molar-refractivity contribution in [3.8, 4) is 5.88 Å². The molecule has 0 aliphatic heterocycles. The number of hydrogen-bond donors (Lipinski definition) is 1. The summed E-state index contributed by atoms with van der Waals surface area (Å²) in [7, 11) is 1.62. The number of benzene rings is 1. The van der Waals surface area contributed by atoms with Crippen molar-refractivity contribution in [3.63, 3.8) is 0 Å². The van der Waals surface area contributed by atoms with Crippen molar-refractivity contribution in [2.75, 3.05) is 7.11 Å². The highest BCUT2D eigenvalue weighted by Gasteiger charge is 2.56. The highest BCUT2D eigenvalue weighted by Crippen LogP contribution is 2.63. The fraction of sp³-hybridized carbons (Fsp3) is 0.412. The first-order valence-electron chi connectivity index (χ1n) is 7.49. The molecule has 2 aromatic rings. The van der Waals surface area contributed by atoms with E-state index in [1.165, 1.54) is 17.5 Å². The first-order valence-corrected chi connectivity index (χ1v) is 7.49. The molecule has 1 fully saturated rings. The van der Waals surface area contributed by atoms with Crippen LogP contribution in [0.25, 0.3) is 0 Å². The Balaban J connectivity index is 1.65. The Bertz CT molecular complexity index is 673. The van der Waals surface area contributed by atoms with Gasteiger partial charge in [0.05, 0.1) is 13.2 Å². The van der Waals surface area contributed by atoms with Gasteiger partial charge in [0, 0.05) is 12.4 Å². The summed E-state index contributed by atoms with van der Waals surface area (Å²) >= 11 is 0. The van der Waals surface area contributed by atoms with Crippen LogP contribution in [0, 0.1) is 11.8 Å². The summed E-state index contributed by atoms with van der Waals surface area (Å²) in [5, 5.41) is 0. The zero-order chi connectivity index (χ0) is 14.4. The van der Waals surface area contributed by atoms with Gasteiger partial charge in [-0.25, -0.2) is 4.98 Å². The maximum atomic E-state index is 6.51. The Morgan fingerprint density at radius 3 is 2.90 bits per heavy atom. The molecule has 0 amide bonds. The molecule has 4 unspecified atom stereocenters. The third-order valence-electron chi connectivity index (χ3n) is 5.01. The molecule has 21 heavy (non-hydrogen) atoms. The van der Waals surface area contributed by atoms with E-state index in [1.54, 1.807) is 19.5 Å². The van der Waals surface area contributed by atoms with E-state index in [9.17, 15) is 0 Å². The van der Waals surface area contributed by atoms with E-state index in [1.807, 2.05) is 0 Å². The molecule has 2 aliphatic carbocycles. The first-order chi connectivity index (χ1) is 10.3. The zero-order valence-corrected chi connectivity index (χ0v) is 12.1. The second kappa shape index (κ2) is 4.81. The second-order valence-electron chi connectivity index (χ2n) is 5.98. The Hall–Kier alpha value is -1.94. The van der Waals surface area contributed by atoms with Gasteiger partial charge in [-0.3, -0.25) is 4.98 Å². The highest BCUT2D eigenvalue weighted by atomic mass is 16.5. The van der Waals surface area contributed by atoms with Gasteiger partial charge in [0.15, 0.2) is 0 Å². The van der Waals surface area contributed by atoms with Gasteiger partial charge >= 0.3 is 0 Å². The molecule has 2 N–H and O–H groups in total. The lowest BCUT2D eigenvalue weighted by Crippen LogP contribution is -2.17. The van der Waals surface area contributed by atoms with Crippen molar-refractivity contribution in [3.05, 3.63) is 53.5 Å². The maximum Gasteiger partial charge on any atom is 0.236 e. The van der Waals surface area contributed by atoms with Crippen LogP contribution in [0.2, 0.25) is 0 Å². The lowest BCUT2D eigenvalue weighted by molar-refractivity contribution is 0.379. The third-order valence-corrected chi connectivity index (χ3v) is 5.01. The molecule has 4 heteroatoms. The van der Waals surface area contributed by atoms with Gasteiger partial charge in [-0.05, 0) is 41.7 Å². The van der Waals surface area contributed by atoms with Crippen LogP contribution in [0.3, 0.4) is 0 Å². The van der Waals surface area contributed by atoms with E-state index in [4.69, 9.17) is 10.5 Å². The molecule has 0 spiro atoms.